The molecule has 7 N–H and O–H groups in total. The van der Waals surface area contributed by atoms with Crippen molar-refractivity contribution in [2.24, 2.45) is 5.92 Å². The minimum absolute atomic E-state index is 0.0476. The van der Waals surface area contributed by atoms with Crippen molar-refractivity contribution in [1.29, 1.82) is 0 Å². The summed E-state index contributed by atoms with van der Waals surface area (Å²) in [6.07, 6.45) is 12.5. The third-order valence-electron chi connectivity index (χ3n) is 9.09. The molecular formula is C45H44N10O3. The molecular weight excluding hydrogens is 729 g/mol. The van der Waals surface area contributed by atoms with E-state index in [1.807, 2.05) is 115 Å². The zero-order chi connectivity index (χ0) is 40.3. The van der Waals surface area contributed by atoms with E-state index in [4.69, 9.17) is 5.11 Å². The maximum atomic E-state index is 12.5. The third kappa shape index (κ3) is 10.1. The molecule has 8 aromatic rings. The lowest BCUT2D eigenvalue weighted by molar-refractivity contribution is 0.311. The first-order valence-electron chi connectivity index (χ1n) is 19.0. The van der Waals surface area contributed by atoms with Gasteiger partial charge in [0.15, 0.2) is 0 Å². The lowest BCUT2D eigenvalue weighted by atomic mass is 10.1. The van der Waals surface area contributed by atoms with E-state index in [1.54, 1.807) is 18.5 Å². The summed E-state index contributed by atoms with van der Waals surface area (Å²) in [6, 6.07) is 31.4. The Kier molecular flexibility index (Phi) is 12.4. The summed E-state index contributed by atoms with van der Waals surface area (Å²) in [5, 5.41) is 16.0. The van der Waals surface area contributed by atoms with Crippen LogP contribution in [0.25, 0.3) is 68.9 Å². The van der Waals surface area contributed by atoms with Crippen molar-refractivity contribution in [1.82, 2.24) is 39.9 Å². The predicted octanol–water partition coefficient (Wildman–Crippen LogP) is 7.83. The Hall–Kier alpha value is -7.38. The number of aromatic amines is 4. The van der Waals surface area contributed by atoms with Crippen molar-refractivity contribution in [2.45, 2.75) is 20.3 Å². The van der Waals surface area contributed by atoms with Gasteiger partial charge in [0.05, 0.1) is 28.8 Å². The van der Waals surface area contributed by atoms with E-state index in [0.29, 0.717) is 46.4 Å². The van der Waals surface area contributed by atoms with Crippen molar-refractivity contribution in [2.75, 3.05) is 30.3 Å². The van der Waals surface area contributed by atoms with Gasteiger partial charge in [-0.25, -0.2) is 0 Å². The van der Waals surface area contributed by atoms with Crippen molar-refractivity contribution >= 4 is 58.3 Å². The second-order valence-corrected chi connectivity index (χ2v) is 13.9. The normalized spacial score (nSPS) is 11.4. The number of pyridine rings is 2. The first kappa shape index (κ1) is 38.9. The molecule has 0 spiro atoms. The van der Waals surface area contributed by atoms with Gasteiger partial charge in [-0.15, -0.1) is 0 Å². The van der Waals surface area contributed by atoms with Gasteiger partial charge >= 0.3 is 0 Å². The molecule has 6 aromatic heterocycles. The highest BCUT2D eigenvalue weighted by atomic mass is 16.3. The van der Waals surface area contributed by atoms with Crippen LogP contribution in [0.15, 0.2) is 119 Å². The summed E-state index contributed by atoms with van der Waals surface area (Å²) in [5.74, 6) is 1.39. The molecule has 0 fully saturated rings. The van der Waals surface area contributed by atoms with Gasteiger partial charge in [0.1, 0.15) is 11.3 Å². The minimum atomic E-state index is -0.244. The summed E-state index contributed by atoms with van der Waals surface area (Å²) in [5.41, 5.74) is 7.98. The first-order valence-corrected chi connectivity index (χ1v) is 19.0. The Labute approximate surface area is 334 Å². The molecule has 58 heavy (non-hydrogen) atoms. The summed E-state index contributed by atoms with van der Waals surface area (Å²) >= 11 is 0. The van der Waals surface area contributed by atoms with Gasteiger partial charge in [-0.05, 0) is 72.0 Å². The molecule has 0 saturated heterocycles. The first-order chi connectivity index (χ1) is 28.3. The van der Waals surface area contributed by atoms with Gasteiger partial charge in [0.25, 0.3) is 11.1 Å². The van der Waals surface area contributed by atoms with Crippen LogP contribution in [-0.2, 0) is 0 Å². The second kappa shape index (κ2) is 18.5. The van der Waals surface area contributed by atoms with E-state index in [1.165, 1.54) is 0 Å². The molecule has 0 atom stereocenters. The monoisotopic (exact) mass is 772 g/mol. The molecule has 0 aliphatic carbocycles. The average Bonchev–Trinajstić information content (AvgIpc) is 3.89. The molecule has 0 aliphatic rings. The lowest BCUT2D eigenvalue weighted by Crippen LogP contribution is -2.14. The van der Waals surface area contributed by atoms with Gasteiger partial charge in [-0.1, -0.05) is 86.7 Å². The van der Waals surface area contributed by atoms with Gasteiger partial charge in [0, 0.05) is 48.0 Å². The number of fused-ring (bicyclic) bond motifs is 2. The fourth-order valence-electron chi connectivity index (χ4n) is 6.08. The number of nitrogens with one attached hydrogen (secondary N) is 6. The average molecular weight is 773 g/mol. The molecule has 8 rings (SSSR count). The van der Waals surface area contributed by atoms with Crippen LogP contribution in [0.2, 0.25) is 0 Å². The molecule has 292 valence electrons. The van der Waals surface area contributed by atoms with Crippen LogP contribution in [0.4, 0.5) is 11.9 Å². The Morgan fingerprint density at radius 1 is 0.603 bits per heavy atom. The van der Waals surface area contributed by atoms with Crippen LogP contribution >= 0.6 is 0 Å². The Morgan fingerprint density at radius 2 is 1.07 bits per heavy atom. The molecule has 0 unspecified atom stereocenters. The number of hydrogen-bond acceptors (Lipinski definition) is 9. The number of anilines is 2. The number of aromatic nitrogens is 8. The Morgan fingerprint density at radius 3 is 1.52 bits per heavy atom. The smallest absolute Gasteiger partial charge is 0.261 e. The number of benzene rings is 2. The predicted molar refractivity (Wildman–Crippen MR) is 234 cm³/mol. The van der Waals surface area contributed by atoms with Crippen molar-refractivity contribution < 1.29 is 5.11 Å². The number of hydrogen-bond donors (Lipinski definition) is 7. The maximum Gasteiger partial charge on any atom is 0.261 e. The lowest BCUT2D eigenvalue weighted by Gasteiger charge is -2.06. The SMILES string of the molecule is CC(C)CCNc1nc2[nH]c(-c3ccnc(/C=C/c4ccccc4)c3)cc2c(=O)[nH]1.O=c1[nH]c(NCCO)nc2[nH]c(-c3ccnc(/C=C/c4ccccc4)c3)cc12. The van der Waals surface area contributed by atoms with Crippen LogP contribution < -0.4 is 21.8 Å². The topological polar surface area (TPSA) is 193 Å². The van der Waals surface area contributed by atoms with Crippen LogP contribution in [-0.4, -0.2) is 64.7 Å². The molecule has 6 heterocycles. The molecule has 13 nitrogen and oxygen atoms in total. The van der Waals surface area contributed by atoms with Gasteiger partial charge in [0.2, 0.25) is 11.9 Å². The number of rotatable bonds is 13. The van der Waals surface area contributed by atoms with Gasteiger partial charge in [-0.2, -0.15) is 9.97 Å². The number of aliphatic hydroxyl groups excluding tert-OH is 1. The van der Waals surface area contributed by atoms with Gasteiger partial charge < -0.3 is 25.7 Å². The van der Waals surface area contributed by atoms with Crippen LogP contribution in [0, 0.1) is 5.92 Å². The Balaban J connectivity index is 0.000000177. The summed E-state index contributed by atoms with van der Waals surface area (Å²) in [4.78, 5) is 54.4. The standard InChI is InChI=1S/C24H25N5O.C21H19N5O2/c1-16(2)10-12-26-24-28-22-20(23(30)29-24)15-21(27-22)18-11-13-25-19(14-18)9-8-17-6-4-3-5-7-17;27-11-10-23-21-25-19-17(20(28)26-21)13-18(24-19)15-8-9-22-16(12-15)7-6-14-4-2-1-3-5-14/h3-9,11,13-16H,10,12H2,1-2H3,(H3,26,27,28,29,30);1-9,12-13,27H,10-11H2,(H3,23,24,25,26,28)/b9-8+;7-6+. The van der Waals surface area contributed by atoms with Crippen molar-refractivity contribution in [3.8, 4) is 22.5 Å². The van der Waals surface area contributed by atoms with E-state index in [9.17, 15) is 9.59 Å². The highest BCUT2D eigenvalue weighted by molar-refractivity contribution is 5.85. The number of nitrogens with zero attached hydrogens (tertiary/aromatic N) is 4. The van der Waals surface area contributed by atoms with Crippen molar-refractivity contribution in [3.05, 3.63) is 153 Å². The molecule has 0 saturated carbocycles. The maximum absolute atomic E-state index is 12.5. The van der Waals surface area contributed by atoms with E-state index < -0.39 is 0 Å². The Bertz CT molecular complexity index is 2780. The highest BCUT2D eigenvalue weighted by Gasteiger charge is 2.12. The highest BCUT2D eigenvalue weighted by Crippen LogP contribution is 2.24. The fourth-order valence-corrected chi connectivity index (χ4v) is 6.08. The minimum Gasteiger partial charge on any atom is -0.395 e. The van der Waals surface area contributed by atoms with Crippen LogP contribution in [0.1, 0.15) is 42.8 Å². The summed E-state index contributed by atoms with van der Waals surface area (Å²) in [6.45, 7) is 5.35. The van der Waals surface area contributed by atoms with Crippen LogP contribution in [0.5, 0.6) is 0 Å². The zero-order valence-corrected chi connectivity index (χ0v) is 32.2. The number of aliphatic hydroxyl groups is 1. The quantitative estimate of drug-likeness (QED) is 0.0612. The van der Waals surface area contributed by atoms with E-state index in [0.717, 1.165) is 58.0 Å². The molecule has 0 amide bonds. The molecule has 13 heteroatoms. The summed E-state index contributed by atoms with van der Waals surface area (Å²) < 4.78 is 0. The van der Waals surface area contributed by atoms with Gasteiger partial charge in [-0.3, -0.25) is 29.5 Å². The number of H-pyrrole nitrogens is 4. The van der Waals surface area contributed by atoms with Crippen molar-refractivity contribution in [3.63, 3.8) is 0 Å². The largest absolute Gasteiger partial charge is 0.395 e. The molecule has 0 bridgehead atoms. The zero-order valence-electron chi connectivity index (χ0n) is 32.2. The molecule has 0 aliphatic heterocycles. The molecule has 0 radical (unpaired) electrons. The fraction of sp³-hybridized carbons (Fsp3) is 0.156. The second-order valence-electron chi connectivity index (χ2n) is 13.9. The van der Waals surface area contributed by atoms with E-state index >= 15 is 0 Å². The summed E-state index contributed by atoms with van der Waals surface area (Å²) in [7, 11) is 0. The van der Waals surface area contributed by atoms with E-state index in [-0.39, 0.29) is 17.7 Å². The van der Waals surface area contributed by atoms with Crippen LogP contribution in [0.3, 0.4) is 0 Å². The molecule has 2 aromatic carbocycles. The van der Waals surface area contributed by atoms with E-state index in [2.05, 4.69) is 64.4 Å². The third-order valence-corrected chi connectivity index (χ3v) is 9.09.